The highest BCUT2D eigenvalue weighted by atomic mass is 32.2. The van der Waals surface area contributed by atoms with Gasteiger partial charge in [0.05, 0.1) is 32.8 Å². The predicted molar refractivity (Wildman–Crippen MR) is 117 cm³/mol. The summed E-state index contributed by atoms with van der Waals surface area (Å²) in [5.41, 5.74) is 0.975. The molecule has 32 heavy (non-hydrogen) atoms. The third-order valence-corrected chi connectivity index (χ3v) is 8.03. The van der Waals surface area contributed by atoms with Crippen molar-refractivity contribution in [2.24, 2.45) is 0 Å². The average molecular weight is 465 g/mol. The number of amides is 2. The van der Waals surface area contributed by atoms with Crippen LogP contribution in [0.3, 0.4) is 0 Å². The van der Waals surface area contributed by atoms with E-state index in [0.29, 0.717) is 24.5 Å². The van der Waals surface area contributed by atoms with Crippen molar-refractivity contribution >= 4 is 29.5 Å². The number of carbonyl (C=O) groups is 3. The number of hydrogen-bond donors (Lipinski definition) is 2. The summed E-state index contributed by atoms with van der Waals surface area (Å²) in [6.45, 7) is 5.90. The summed E-state index contributed by atoms with van der Waals surface area (Å²) in [6, 6.07) is 2.09. The first-order chi connectivity index (χ1) is 15.0. The molecule has 0 bridgehead atoms. The van der Waals surface area contributed by atoms with Crippen molar-refractivity contribution in [3.05, 3.63) is 23.3 Å². The molecule has 2 N–H and O–H groups in total. The first-order valence-corrected chi connectivity index (χ1v) is 11.3. The Bertz CT molecular complexity index is 981. The fourth-order valence-electron chi connectivity index (χ4n) is 4.91. The Morgan fingerprint density at radius 3 is 2.53 bits per heavy atom. The normalized spacial score (nSPS) is 30.1. The zero-order chi connectivity index (χ0) is 23.4. The number of carboxylic acids is 1. The molecule has 2 saturated heterocycles. The summed E-state index contributed by atoms with van der Waals surface area (Å²) < 4.78 is 16.2. The molecule has 9 nitrogen and oxygen atoms in total. The standard InChI is InChI=1S/C22H28N2O7S/c1-21(2)17(20(27)28)24-18(26)16(19(24)32-21)23-15(25)10-22(3)12-9-14(30-5)13(29-4)8-11(12)6-7-31-22/h8-9,16-17,19H,6-7,10H2,1-5H3,(H,23,25)(H,27,28)/t16-,17+,19-,22?/m1/s1. The number of nitrogens with one attached hydrogen (secondary N) is 1. The Hall–Kier alpha value is -2.46. The number of rotatable bonds is 6. The molecular formula is C22H28N2O7S. The summed E-state index contributed by atoms with van der Waals surface area (Å²) in [7, 11) is 3.13. The molecule has 10 heteroatoms. The first kappa shape index (κ1) is 22.7. The van der Waals surface area contributed by atoms with E-state index in [2.05, 4.69) is 5.32 Å². The number of fused-ring (bicyclic) bond motifs is 2. The Balaban J connectivity index is 1.50. The lowest BCUT2D eigenvalue weighted by Gasteiger charge is -2.44. The number of benzene rings is 1. The zero-order valence-corrected chi connectivity index (χ0v) is 19.6. The van der Waals surface area contributed by atoms with Crippen LogP contribution in [-0.4, -0.2) is 70.8 Å². The molecule has 3 aliphatic heterocycles. The number of thioether (sulfide) groups is 1. The molecule has 2 fully saturated rings. The quantitative estimate of drug-likeness (QED) is 0.609. The zero-order valence-electron chi connectivity index (χ0n) is 18.8. The van der Waals surface area contributed by atoms with Crippen LogP contribution >= 0.6 is 11.8 Å². The molecule has 0 aliphatic carbocycles. The molecule has 4 atom stereocenters. The Kier molecular flexibility index (Phi) is 5.57. The van der Waals surface area contributed by atoms with E-state index < -0.39 is 28.4 Å². The third kappa shape index (κ3) is 3.49. The van der Waals surface area contributed by atoms with E-state index >= 15 is 0 Å². The Labute approximate surface area is 190 Å². The second-order valence-corrected chi connectivity index (χ2v) is 10.8. The van der Waals surface area contributed by atoms with Crippen LogP contribution in [0.1, 0.15) is 38.3 Å². The summed E-state index contributed by atoms with van der Waals surface area (Å²) in [5, 5.41) is 12.0. The molecule has 2 amide bonds. The molecule has 1 aromatic rings. The average Bonchev–Trinajstić information content (AvgIpc) is 2.99. The van der Waals surface area contributed by atoms with Gasteiger partial charge in [-0.1, -0.05) is 0 Å². The van der Waals surface area contributed by atoms with Crippen LogP contribution in [0.4, 0.5) is 0 Å². The van der Waals surface area contributed by atoms with Crippen molar-refractivity contribution in [2.75, 3.05) is 20.8 Å². The predicted octanol–water partition coefficient (Wildman–Crippen LogP) is 1.51. The number of hydrogen-bond acceptors (Lipinski definition) is 7. The molecule has 0 radical (unpaired) electrons. The maximum atomic E-state index is 13.0. The van der Waals surface area contributed by atoms with Gasteiger partial charge in [-0.15, -0.1) is 11.8 Å². The van der Waals surface area contributed by atoms with Gasteiger partial charge in [0, 0.05) is 4.75 Å². The van der Waals surface area contributed by atoms with Crippen molar-refractivity contribution in [3.8, 4) is 11.5 Å². The van der Waals surface area contributed by atoms with Crippen LogP contribution in [0.2, 0.25) is 0 Å². The fourth-order valence-corrected chi connectivity index (χ4v) is 6.53. The maximum Gasteiger partial charge on any atom is 0.327 e. The number of aliphatic carboxylic acids is 1. The maximum absolute atomic E-state index is 13.0. The van der Waals surface area contributed by atoms with Gasteiger partial charge in [-0.05, 0) is 50.5 Å². The minimum atomic E-state index is -1.03. The van der Waals surface area contributed by atoms with Crippen molar-refractivity contribution in [1.29, 1.82) is 0 Å². The number of nitrogens with zero attached hydrogens (tertiary/aromatic N) is 1. The summed E-state index contributed by atoms with van der Waals surface area (Å²) in [5.74, 6) is -0.556. The van der Waals surface area contributed by atoms with Gasteiger partial charge in [-0.25, -0.2) is 4.79 Å². The van der Waals surface area contributed by atoms with Gasteiger partial charge in [0.25, 0.3) is 0 Å². The second kappa shape index (κ2) is 7.84. The van der Waals surface area contributed by atoms with Gasteiger partial charge in [0.15, 0.2) is 11.5 Å². The molecule has 3 aliphatic rings. The van der Waals surface area contributed by atoms with Crippen LogP contribution in [-0.2, 0) is 31.1 Å². The minimum Gasteiger partial charge on any atom is -0.493 e. The molecule has 3 heterocycles. The second-order valence-electron chi connectivity index (χ2n) is 9.01. The van der Waals surface area contributed by atoms with E-state index in [9.17, 15) is 19.5 Å². The van der Waals surface area contributed by atoms with Crippen LogP contribution in [0.5, 0.6) is 11.5 Å². The van der Waals surface area contributed by atoms with E-state index in [1.165, 1.54) is 16.7 Å². The topological polar surface area (TPSA) is 114 Å². The number of carbonyl (C=O) groups excluding carboxylic acids is 2. The van der Waals surface area contributed by atoms with Gasteiger partial charge in [0.1, 0.15) is 17.5 Å². The van der Waals surface area contributed by atoms with Crippen LogP contribution in [0.25, 0.3) is 0 Å². The van der Waals surface area contributed by atoms with Crippen molar-refractivity contribution in [1.82, 2.24) is 10.2 Å². The molecule has 0 aromatic heterocycles. The molecule has 174 valence electrons. The van der Waals surface area contributed by atoms with Crippen molar-refractivity contribution in [3.63, 3.8) is 0 Å². The van der Waals surface area contributed by atoms with E-state index in [0.717, 1.165) is 11.1 Å². The van der Waals surface area contributed by atoms with Crippen LogP contribution in [0, 0.1) is 0 Å². The molecule has 1 unspecified atom stereocenters. The summed E-state index contributed by atoms with van der Waals surface area (Å²) in [6.07, 6.45) is 0.704. The van der Waals surface area contributed by atoms with E-state index in [-0.39, 0.29) is 23.6 Å². The molecule has 1 aromatic carbocycles. The molecular weight excluding hydrogens is 436 g/mol. The minimum absolute atomic E-state index is 0.0163. The largest absolute Gasteiger partial charge is 0.493 e. The Morgan fingerprint density at radius 2 is 1.91 bits per heavy atom. The first-order valence-electron chi connectivity index (χ1n) is 10.4. The van der Waals surface area contributed by atoms with E-state index in [1.54, 1.807) is 28.1 Å². The molecule has 0 spiro atoms. The smallest absolute Gasteiger partial charge is 0.327 e. The van der Waals surface area contributed by atoms with Gasteiger partial charge in [-0.2, -0.15) is 0 Å². The summed E-state index contributed by atoms with van der Waals surface area (Å²) >= 11 is 1.40. The monoisotopic (exact) mass is 464 g/mol. The lowest BCUT2D eigenvalue weighted by molar-refractivity contribution is -0.161. The number of methoxy groups -OCH3 is 2. The van der Waals surface area contributed by atoms with Gasteiger partial charge in [-0.3, -0.25) is 9.59 Å². The lowest BCUT2D eigenvalue weighted by atomic mass is 9.84. The lowest BCUT2D eigenvalue weighted by Crippen LogP contribution is -2.70. The van der Waals surface area contributed by atoms with Gasteiger partial charge < -0.3 is 29.5 Å². The highest BCUT2D eigenvalue weighted by Gasteiger charge is 2.64. The third-order valence-electron chi connectivity index (χ3n) is 6.46. The highest BCUT2D eigenvalue weighted by Crippen LogP contribution is 2.51. The van der Waals surface area contributed by atoms with Gasteiger partial charge >= 0.3 is 5.97 Å². The molecule has 0 saturated carbocycles. The molecule has 4 rings (SSSR count). The number of ether oxygens (including phenoxy) is 3. The SMILES string of the molecule is COc1cc2c(cc1OC)C(C)(CC(=O)N[C@@H]1C(=O)N3[C@@H]1SC(C)(C)[C@@H]3C(=O)O)OCC2. The summed E-state index contributed by atoms with van der Waals surface area (Å²) in [4.78, 5) is 38.7. The van der Waals surface area contributed by atoms with E-state index in [4.69, 9.17) is 14.2 Å². The van der Waals surface area contributed by atoms with Crippen LogP contribution in [0.15, 0.2) is 12.1 Å². The number of β-lactam (4-membered cyclic amide) rings is 1. The number of carboxylic acid groups (broad SMARTS) is 1. The van der Waals surface area contributed by atoms with Gasteiger partial charge in [0.2, 0.25) is 11.8 Å². The Morgan fingerprint density at radius 1 is 1.25 bits per heavy atom. The fraction of sp³-hybridized carbons (Fsp3) is 0.591. The van der Waals surface area contributed by atoms with E-state index in [1.807, 2.05) is 19.1 Å². The van der Waals surface area contributed by atoms with Crippen molar-refractivity contribution in [2.45, 2.75) is 61.4 Å². The van der Waals surface area contributed by atoms with Crippen molar-refractivity contribution < 1.29 is 33.7 Å². The highest BCUT2D eigenvalue weighted by molar-refractivity contribution is 8.01. The van der Waals surface area contributed by atoms with Crippen LogP contribution < -0.4 is 14.8 Å².